The minimum atomic E-state index is -0.538. The van der Waals surface area contributed by atoms with Gasteiger partial charge in [-0.15, -0.1) is 0 Å². The Hall–Kier alpha value is -1.82. The Kier molecular flexibility index (Phi) is 5.11. The number of carbonyl (C=O) groups excluding carboxylic acids is 1. The third-order valence-corrected chi connectivity index (χ3v) is 1.98. The molecular formula is C13H18N2O3S. The fraction of sp³-hybridized carbons (Fsp3) is 0.385. The van der Waals surface area contributed by atoms with E-state index in [1.165, 1.54) is 0 Å². The monoisotopic (exact) mass is 282 g/mol. The van der Waals surface area contributed by atoms with Gasteiger partial charge in [0.1, 0.15) is 22.9 Å². The Bertz CT molecular complexity index is 469. The highest BCUT2D eigenvalue weighted by atomic mass is 32.1. The Morgan fingerprint density at radius 1 is 1.42 bits per heavy atom. The molecule has 1 rings (SSSR count). The quantitative estimate of drug-likeness (QED) is 0.831. The second kappa shape index (κ2) is 6.38. The predicted octanol–water partition coefficient (Wildman–Crippen LogP) is 2.70. The highest BCUT2D eigenvalue weighted by Gasteiger charge is 2.16. The van der Waals surface area contributed by atoms with Crippen molar-refractivity contribution in [2.45, 2.75) is 26.4 Å². The molecule has 0 fully saturated rings. The van der Waals surface area contributed by atoms with Crippen LogP contribution in [0.4, 0.5) is 10.5 Å². The molecule has 0 spiro atoms. The Morgan fingerprint density at radius 2 is 2.11 bits per heavy atom. The molecule has 1 aromatic rings. The second-order valence-electron chi connectivity index (χ2n) is 4.91. The molecule has 5 nitrogen and oxygen atoms in total. The van der Waals surface area contributed by atoms with Crippen molar-refractivity contribution in [1.82, 2.24) is 0 Å². The summed E-state index contributed by atoms with van der Waals surface area (Å²) in [4.78, 5) is 11.9. The number of anilines is 1. The van der Waals surface area contributed by atoms with E-state index >= 15 is 0 Å². The van der Waals surface area contributed by atoms with E-state index in [1.54, 1.807) is 45.0 Å². The van der Waals surface area contributed by atoms with Crippen molar-refractivity contribution in [3.8, 4) is 5.75 Å². The normalized spacial score (nSPS) is 10.7. The molecule has 0 aliphatic heterocycles. The van der Waals surface area contributed by atoms with Crippen molar-refractivity contribution in [1.29, 1.82) is 0 Å². The SMILES string of the molecule is CC(C)(C)OC(=O)Nc1cccc(OCC(N)=S)c1. The molecule has 3 N–H and O–H groups in total. The maximum Gasteiger partial charge on any atom is 0.412 e. The third kappa shape index (κ3) is 6.61. The summed E-state index contributed by atoms with van der Waals surface area (Å²) in [6.07, 6.45) is -0.515. The number of carbonyl (C=O) groups is 1. The van der Waals surface area contributed by atoms with Gasteiger partial charge in [-0.1, -0.05) is 18.3 Å². The van der Waals surface area contributed by atoms with Crippen LogP contribution in [0, 0.1) is 0 Å². The smallest absolute Gasteiger partial charge is 0.412 e. The topological polar surface area (TPSA) is 73.6 Å². The number of amides is 1. The lowest BCUT2D eigenvalue weighted by molar-refractivity contribution is 0.0636. The van der Waals surface area contributed by atoms with Crippen molar-refractivity contribution in [2.24, 2.45) is 5.73 Å². The van der Waals surface area contributed by atoms with Gasteiger partial charge in [-0.25, -0.2) is 4.79 Å². The summed E-state index contributed by atoms with van der Waals surface area (Å²) >= 11 is 4.72. The van der Waals surface area contributed by atoms with E-state index < -0.39 is 11.7 Å². The summed E-state index contributed by atoms with van der Waals surface area (Å²) in [6, 6.07) is 6.90. The van der Waals surface area contributed by atoms with E-state index in [1.807, 2.05) is 0 Å². The number of nitrogens with two attached hydrogens (primary N) is 1. The van der Waals surface area contributed by atoms with Gasteiger partial charge in [0, 0.05) is 11.8 Å². The highest BCUT2D eigenvalue weighted by Crippen LogP contribution is 2.18. The summed E-state index contributed by atoms with van der Waals surface area (Å²) in [5.41, 5.74) is 5.39. The van der Waals surface area contributed by atoms with Crippen LogP contribution in [-0.2, 0) is 4.74 Å². The van der Waals surface area contributed by atoms with Crippen molar-refractivity contribution in [3.63, 3.8) is 0 Å². The van der Waals surface area contributed by atoms with Crippen LogP contribution in [-0.4, -0.2) is 23.3 Å². The largest absolute Gasteiger partial charge is 0.486 e. The predicted molar refractivity (Wildman–Crippen MR) is 78.6 cm³/mol. The molecule has 0 atom stereocenters. The summed E-state index contributed by atoms with van der Waals surface area (Å²) in [5.74, 6) is 0.571. The molecule has 104 valence electrons. The minimum Gasteiger partial charge on any atom is -0.486 e. The standard InChI is InChI=1S/C13H18N2O3S/c1-13(2,3)18-12(16)15-9-5-4-6-10(7-9)17-8-11(14)19/h4-7H,8H2,1-3H3,(H2,14,19)(H,15,16). The maximum atomic E-state index is 11.6. The van der Waals surface area contributed by atoms with Gasteiger partial charge < -0.3 is 15.2 Å². The van der Waals surface area contributed by atoms with Crippen LogP contribution in [0.1, 0.15) is 20.8 Å². The molecule has 0 saturated heterocycles. The first-order valence-electron chi connectivity index (χ1n) is 5.77. The lowest BCUT2D eigenvalue weighted by Crippen LogP contribution is -2.27. The van der Waals surface area contributed by atoms with Gasteiger partial charge in [-0.2, -0.15) is 0 Å². The summed E-state index contributed by atoms with van der Waals surface area (Å²) in [7, 11) is 0. The Morgan fingerprint density at radius 3 is 2.68 bits per heavy atom. The van der Waals surface area contributed by atoms with E-state index in [0.717, 1.165) is 0 Å². The molecule has 0 unspecified atom stereocenters. The van der Waals surface area contributed by atoms with E-state index in [-0.39, 0.29) is 11.6 Å². The zero-order chi connectivity index (χ0) is 14.5. The number of hydrogen-bond donors (Lipinski definition) is 2. The number of nitrogens with one attached hydrogen (secondary N) is 1. The second-order valence-corrected chi connectivity index (χ2v) is 5.43. The third-order valence-electron chi connectivity index (χ3n) is 1.86. The lowest BCUT2D eigenvalue weighted by atomic mass is 10.2. The average molecular weight is 282 g/mol. The Balaban J connectivity index is 2.61. The first-order chi connectivity index (χ1) is 8.76. The summed E-state index contributed by atoms with van der Waals surface area (Å²) < 4.78 is 10.5. The number of ether oxygens (including phenoxy) is 2. The van der Waals surface area contributed by atoms with Crippen LogP contribution >= 0.6 is 12.2 Å². The average Bonchev–Trinajstić information content (AvgIpc) is 2.24. The molecule has 1 amide bonds. The van der Waals surface area contributed by atoms with Gasteiger partial charge in [0.05, 0.1) is 0 Å². The first kappa shape index (κ1) is 15.2. The van der Waals surface area contributed by atoms with Gasteiger partial charge in [-0.3, -0.25) is 5.32 Å². The molecule has 0 aliphatic carbocycles. The van der Waals surface area contributed by atoms with Crippen LogP contribution in [0.2, 0.25) is 0 Å². The van der Waals surface area contributed by atoms with Crippen molar-refractivity contribution in [2.75, 3.05) is 11.9 Å². The zero-order valence-corrected chi connectivity index (χ0v) is 12.0. The number of thiocarbonyl (C=S) groups is 1. The molecular weight excluding hydrogens is 264 g/mol. The van der Waals surface area contributed by atoms with Crippen molar-refractivity contribution >= 4 is 29.0 Å². The van der Waals surface area contributed by atoms with Gasteiger partial charge in [0.25, 0.3) is 0 Å². The van der Waals surface area contributed by atoms with E-state index in [4.69, 9.17) is 27.4 Å². The molecule has 0 aliphatic rings. The number of hydrogen-bond acceptors (Lipinski definition) is 4. The van der Waals surface area contributed by atoms with E-state index in [2.05, 4.69) is 5.32 Å². The van der Waals surface area contributed by atoms with Crippen molar-refractivity contribution in [3.05, 3.63) is 24.3 Å². The van der Waals surface area contributed by atoms with Crippen LogP contribution in [0.25, 0.3) is 0 Å². The van der Waals surface area contributed by atoms with Gasteiger partial charge in [0.2, 0.25) is 0 Å². The molecule has 19 heavy (non-hydrogen) atoms. The fourth-order valence-corrected chi connectivity index (χ4v) is 1.30. The Labute approximate surface area is 118 Å². The molecule has 0 bridgehead atoms. The van der Waals surface area contributed by atoms with Crippen LogP contribution < -0.4 is 15.8 Å². The molecule has 1 aromatic carbocycles. The van der Waals surface area contributed by atoms with Gasteiger partial charge in [0.15, 0.2) is 0 Å². The van der Waals surface area contributed by atoms with Crippen LogP contribution in [0.15, 0.2) is 24.3 Å². The summed E-state index contributed by atoms with van der Waals surface area (Å²) in [6.45, 7) is 5.56. The zero-order valence-electron chi connectivity index (χ0n) is 11.2. The van der Waals surface area contributed by atoms with E-state index in [9.17, 15) is 4.79 Å². The van der Waals surface area contributed by atoms with Crippen LogP contribution in [0.5, 0.6) is 5.75 Å². The number of rotatable bonds is 4. The first-order valence-corrected chi connectivity index (χ1v) is 6.18. The molecule has 0 radical (unpaired) electrons. The van der Waals surface area contributed by atoms with Gasteiger partial charge in [-0.05, 0) is 32.9 Å². The summed E-state index contributed by atoms with van der Waals surface area (Å²) in [5, 5.41) is 2.62. The van der Waals surface area contributed by atoms with E-state index in [0.29, 0.717) is 11.4 Å². The lowest BCUT2D eigenvalue weighted by Gasteiger charge is -2.19. The van der Waals surface area contributed by atoms with Crippen molar-refractivity contribution < 1.29 is 14.3 Å². The minimum absolute atomic E-state index is 0.158. The van der Waals surface area contributed by atoms with Crippen LogP contribution in [0.3, 0.4) is 0 Å². The highest BCUT2D eigenvalue weighted by molar-refractivity contribution is 7.80. The molecule has 6 heteroatoms. The fourth-order valence-electron chi connectivity index (χ4n) is 1.24. The molecule has 0 aromatic heterocycles. The van der Waals surface area contributed by atoms with Gasteiger partial charge >= 0.3 is 6.09 Å². The maximum absolute atomic E-state index is 11.6. The molecule has 0 heterocycles. The molecule has 0 saturated carbocycles. The number of benzene rings is 1.